The highest BCUT2D eigenvalue weighted by atomic mass is 127. The lowest BCUT2D eigenvalue weighted by molar-refractivity contribution is -0.122. The molecule has 1 aromatic heterocycles. The number of anilines is 1. The minimum Gasteiger partial charge on any atom is -0.369 e. The average molecular weight is 569 g/mol. The number of amides is 1. The van der Waals surface area contributed by atoms with Crippen LogP contribution in [0.25, 0.3) is 0 Å². The van der Waals surface area contributed by atoms with Crippen LogP contribution in [0.15, 0.2) is 52.5 Å². The number of thioether (sulfide) groups is 1. The average Bonchev–Trinajstić information content (AvgIpc) is 2.80. The number of nitrogens with two attached hydrogens (primary N) is 1. The summed E-state index contributed by atoms with van der Waals surface area (Å²) in [5.41, 5.74) is 7.82. The number of pyridine rings is 1. The fourth-order valence-corrected chi connectivity index (χ4v) is 4.28. The van der Waals surface area contributed by atoms with Gasteiger partial charge in [-0.3, -0.25) is 9.79 Å². The van der Waals surface area contributed by atoms with Crippen molar-refractivity contribution in [2.24, 2.45) is 16.6 Å². The Balaban J connectivity index is 0.00000363. The van der Waals surface area contributed by atoms with Gasteiger partial charge in [-0.05, 0) is 42.9 Å². The molecule has 1 aromatic carbocycles. The summed E-state index contributed by atoms with van der Waals surface area (Å²) in [6, 6.07) is 12.6. The molecule has 2 aromatic rings. The minimum atomic E-state index is -0.197. The van der Waals surface area contributed by atoms with Gasteiger partial charge in [0.1, 0.15) is 5.82 Å². The first-order chi connectivity index (χ1) is 15.0. The maximum atomic E-state index is 11.5. The highest BCUT2D eigenvalue weighted by Crippen LogP contribution is 2.24. The van der Waals surface area contributed by atoms with Crippen LogP contribution < -0.4 is 16.0 Å². The van der Waals surface area contributed by atoms with Gasteiger partial charge in [-0.15, -0.1) is 35.7 Å². The molecular formula is C23H33IN6OS. The zero-order valence-corrected chi connectivity index (χ0v) is 22.1. The lowest BCUT2D eigenvalue weighted by Crippen LogP contribution is -2.40. The Bertz CT molecular complexity index is 900. The molecule has 0 atom stereocenters. The fourth-order valence-electron chi connectivity index (χ4n) is 3.87. The van der Waals surface area contributed by atoms with E-state index in [-0.39, 0.29) is 35.8 Å². The largest absolute Gasteiger partial charge is 0.369 e. The maximum absolute atomic E-state index is 11.5. The molecule has 9 heteroatoms. The molecule has 7 nitrogen and oxygen atoms in total. The number of primary amides is 1. The van der Waals surface area contributed by atoms with Gasteiger partial charge in [0.15, 0.2) is 5.96 Å². The molecule has 3 rings (SSSR count). The summed E-state index contributed by atoms with van der Waals surface area (Å²) in [5.74, 6) is 1.57. The number of halogens is 1. The number of aromatic nitrogens is 1. The van der Waals surface area contributed by atoms with Gasteiger partial charge in [0.25, 0.3) is 0 Å². The molecule has 1 saturated heterocycles. The van der Waals surface area contributed by atoms with E-state index in [4.69, 9.17) is 5.73 Å². The molecule has 0 spiro atoms. The van der Waals surface area contributed by atoms with Crippen LogP contribution >= 0.6 is 35.7 Å². The predicted octanol–water partition coefficient (Wildman–Crippen LogP) is 3.33. The maximum Gasteiger partial charge on any atom is 0.220 e. The number of benzene rings is 1. The van der Waals surface area contributed by atoms with Crippen LogP contribution in [-0.2, 0) is 17.9 Å². The fraction of sp³-hybridized carbons (Fsp3) is 0.435. The van der Waals surface area contributed by atoms with Crippen LogP contribution in [0.5, 0.6) is 0 Å². The van der Waals surface area contributed by atoms with Crippen molar-refractivity contribution < 1.29 is 4.79 Å². The molecule has 0 aliphatic carbocycles. The Hall–Kier alpha value is -2.01. The number of rotatable bonds is 7. The number of nitrogens with one attached hydrogen (secondary N) is 1. The predicted molar refractivity (Wildman–Crippen MR) is 144 cm³/mol. The van der Waals surface area contributed by atoms with Gasteiger partial charge in [-0.2, -0.15) is 0 Å². The first-order valence-electron chi connectivity index (χ1n) is 10.5. The van der Waals surface area contributed by atoms with Crippen LogP contribution in [0.2, 0.25) is 0 Å². The second kappa shape index (κ2) is 12.9. The van der Waals surface area contributed by atoms with Crippen molar-refractivity contribution in [1.29, 1.82) is 0 Å². The van der Waals surface area contributed by atoms with Crippen LogP contribution in [0, 0.1) is 5.92 Å². The lowest BCUT2D eigenvalue weighted by Gasteiger charge is -2.32. The molecule has 1 aliphatic rings. The number of carbonyl (C=O) groups excluding carboxylic acids is 1. The number of aliphatic imine (C=N–C) groups is 1. The third-order valence-corrected chi connectivity index (χ3v) is 6.40. The Labute approximate surface area is 212 Å². The van der Waals surface area contributed by atoms with Gasteiger partial charge in [0.2, 0.25) is 5.91 Å². The summed E-state index contributed by atoms with van der Waals surface area (Å²) in [6.45, 7) is 2.98. The minimum absolute atomic E-state index is 0. The Kier molecular flexibility index (Phi) is 10.6. The van der Waals surface area contributed by atoms with Crippen LogP contribution in [-0.4, -0.2) is 55.2 Å². The molecule has 1 amide bonds. The first kappa shape index (κ1) is 26.2. The Morgan fingerprint density at radius 2 is 1.97 bits per heavy atom. The van der Waals surface area contributed by atoms with E-state index in [0.717, 1.165) is 49.8 Å². The van der Waals surface area contributed by atoms with Crippen LogP contribution in [0.3, 0.4) is 0 Å². The molecule has 0 unspecified atom stereocenters. The van der Waals surface area contributed by atoms with Gasteiger partial charge >= 0.3 is 0 Å². The van der Waals surface area contributed by atoms with Gasteiger partial charge < -0.3 is 20.9 Å². The van der Waals surface area contributed by atoms with Gasteiger partial charge in [-0.25, -0.2) is 4.98 Å². The zero-order valence-electron chi connectivity index (χ0n) is 19.0. The van der Waals surface area contributed by atoms with Crippen LogP contribution in [0.1, 0.15) is 24.0 Å². The zero-order chi connectivity index (χ0) is 22.2. The SMILES string of the molecule is CN=C(NCc1cccnc1N1CCC(C(N)=O)CC1)N(C)Cc1ccc(SC)cc1.I. The molecule has 32 heavy (non-hydrogen) atoms. The quantitative estimate of drug-likeness (QED) is 0.231. The number of guanidine groups is 1. The molecule has 1 fully saturated rings. The van der Waals surface area contributed by atoms with E-state index in [0.29, 0.717) is 6.54 Å². The highest BCUT2D eigenvalue weighted by Gasteiger charge is 2.25. The molecule has 2 heterocycles. The van der Waals surface area contributed by atoms with Crippen molar-refractivity contribution in [3.05, 3.63) is 53.7 Å². The molecular weight excluding hydrogens is 535 g/mol. The second-order valence-corrected chi connectivity index (χ2v) is 8.63. The monoisotopic (exact) mass is 568 g/mol. The first-order valence-corrected chi connectivity index (χ1v) is 11.8. The molecule has 174 valence electrons. The van der Waals surface area contributed by atoms with E-state index >= 15 is 0 Å². The van der Waals surface area contributed by atoms with E-state index in [1.54, 1.807) is 18.8 Å². The van der Waals surface area contributed by atoms with E-state index in [2.05, 4.69) is 61.7 Å². The molecule has 0 radical (unpaired) electrons. The smallest absolute Gasteiger partial charge is 0.220 e. The number of piperidine rings is 1. The second-order valence-electron chi connectivity index (χ2n) is 7.75. The summed E-state index contributed by atoms with van der Waals surface area (Å²) in [5, 5.41) is 3.47. The molecule has 1 aliphatic heterocycles. The van der Waals surface area contributed by atoms with E-state index < -0.39 is 0 Å². The summed E-state index contributed by atoms with van der Waals surface area (Å²) in [7, 11) is 3.84. The standard InChI is InChI=1S/C23H32N6OS.HI/c1-25-23(28(2)16-17-6-8-20(31-3)9-7-17)27-15-19-5-4-12-26-22(19)29-13-10-18(11-14-29)21(24)30;/h4-9,12,18H,10-11,13-16H2,1-3H3,(H2,24,30)(H,25,27);1H. The topological polar surface area (TPSA) is 86.9 Å². The van der Waals surface area contributed by atoms with Crippen molar-refractivity contribution in [3.8, 4) is 0 Å². The lowest BCUT2D eigenvalue weighted by atomic mass is 9.96. The molecule has 3 N–H and O–H groups in total. The van der Waals surface area contributed by atoms with Gasteiger partial charge in [-0.1, -0.05) is 18.2 Å². The van der Waals surface area contributed by atoms with E-state index in [1.165, 1.54) is 10.5 Å². The number of hydrogen-bond acceptors (Lipinski definition) is 5. The third kappa shape index (κ3) is 6.99. The summed E-state index contributed by atoms with van der Waals surface area (Å²) >= 11 is 1.74. The summed E-state index contributed by atoms with van der Waals surface area (Å²) in [4.78, 5) is 26.1. The number of carbonyl (C=O) groups is 1. The van der Waals surface area contributed by atoms with Crippen molar-refractivity contribution in [2.75, 3.05) is 38.3 Å². The van der Waals surface area contributed by atoms with E-state index in [9.17, 15) is 4.79 Å². The van der Waals surface area contributed by atoms with Crippen molar-refractivity contribution in [1.82, 2.24) is 15.2 Å². The Morgan fingerprint density at radius 3 is 2.56 bits per heavy atom. The van der Waals surface area contributed by atoms with Crippen LogP contribution in [0.4, 0.5) is 5.82 Å². The van der Waals surface area contributed by atoms with Crippen molar-refractivity contribution >= 4 is 53.4 Å². The normalized spacial score (nSPS) is 14.6. The molecule has 0 saturated carbocycles. The van der Waals surface area contributed by atoms with E-state index in [1.807, 2.05) is 19.3 Å². The highest BCUT2D eigenvalue weighted by molar-refractivity contribution is 14.0. The number of nitrogens with zero attached hydrogens (tertiary/aromatic N) is 4. The Morgan fingerprint density at radius 1 is 1.28 bits per heavy atom. The summed E-state index contributed by atoms with van der Waals surface area (Å²) < 4.78 is 0. The van der Waals surface area contributed by atoms with Gasteiger partial charge in [0.05, 0.1) is 0 Å². The number of hydrogen-bond donors (Lipinski definition) is 2. The third-order valence-electron chi connectivity index (χ3n) is 5.65. The van der Waals surface area contributed by atoms with Crippen molar-refractivity contribution in [2.45, 2.75) is 30.8 Å². The summed E-state index contributed by atoms with van der Waals surface area (Å²) in [6.07, 6.45) is 5.45. The molecule has 0 bridgehead atoms. The van der Waals surface area contributed by atoms with Gasteiger partial charge in [0, 0.05) is 62.8 Å². The van der Waals surface area contributed by atoms with Crippen molar-refractivity contribution in [3.63, 3.8) is 0 Å².